The second kappa shape index (κ2) is 9.71. The number of rotatable bonds is 6. The number of hydrogen-bond acceptors (Lipinski definition) is 8. The van der Waals surface area contributed by atoms with Gasteiger partial charge >= 0.3 is 18.0 Å². The molecule has 29 heavy (non-hydrogen) atoms. The van der Waals surface area contributed by atoms with Crippen LogP contribution in [-0.4, -0.2) is 52.7 Å². The lowest BCUT2D eigenvalue weighted by atomic mass is 9.98. The van der Waals surface area contributed by atoms with Crippen molar-refractivity contribution in [2.45, 2.75) is 89.9 Å². The number of hydroxylamine groups is 2. The van der Waals surface area contributed by atoms with Crippen LogP contribution in [0.15, 0.2) is 0 Å². The highest BCUT2D eigenvalue weighted by atomic mass is 16.7. The molecule has 3 amide bonds. The first-order valence-electron chi connectivity index (χ1n) is 9.82. The number of nitrogens with one attached hydrogen (secondary N) is 1. The molecule has 0 aromatic rings. The largest absolute Gasteiger partial charge is 0.462 e. The normalized spacial score (nSPS) is 18.9. The van der Waals surface area contributed by atoms with Crippen molar-refractivity contribution >= 4 is 29.8 Å². The zero-order chi connectivity index (χ0) is 21.6. The molecular formula is C19H28N2O8. The molecule has 1 saturated heterocycles. The minimum atomic E-state index is -1.47. The predicted octanol–water partition coefficient (Wildman–Crippen LogP) is 1.75. The van der Waals surface area contributed by atoms with E-state index in [-0.39, 0.29) is 18.9 Å². The van der Waals surface area contributed by atoms with Gasteiger partial charge in [0.25, 0.3) is 11.8 Å². The van der Waals surface area contributed by atoms with Crippen LogP contribution in [0.25, 0.3) is 0 Å². The number of amides is 3. The minimum Gasteiger partial charge on any atom is -0.462 e. The summed E-state index contributed by atoms with van der Waals surface area (Å²) in [5.41, 5.74) is -0.831. The standard InChI is InChI=1S/C19H28N2O8/c1-19(2,3)28-18(26)20-13(11-16(24)27-12-7-5-4-6-8-12)17(25)29-21-14(22)9-10-15(21)23/h12-13H,4-11H2,1-3H3,(H,20,26)/t13-/m1/s1. The Balaban J connectivity index is 2.01. The summed E-state index contributed by atoms with van der Waals surface area (Å²) in [5, 5.41) is 2.62. The summed E-state index contributed by atoms with van der Waals surface area (Å²) in [5.74, 6) is -3.14. The Kier molecular flexibility index (Phi) is 7.58. The van der Waals surface area contributed by atoms with Crippen LogP contribution in [0.2, 0.25) is 0 Å². The molecule has 10 heteroatoms. The van der Waals surface area contributed by atoms with E-state index < -0.39 is 47.9 Å². The molecule has 1 saturated carbocycles. The van der Waals surface area contributed by atoms with Crippen LogP contribution in [-0.2, 0) is 33.5 Å². The summed E-state index contributed by atoms with van der Waals surface area (Å²) in [6.07, 6.45) is 2.68. The van der Waals surface area contributed by atoms with E-state index in [0.29, 0.717) is 5.06 Å². The van der Waals surface area contributed by atoms with Crippen LogP contribution >= 0.6 is 0 Å². The molecule has 0 aromatic carbocycles. The van der Waals surface area contributed by atoms with E-state index in [1.165, 1.54) is 0 Å². The van der Waals surface area contributed by atoms with Crippen LogP contribution in [0.4, 0.5) is 4.79 Å². The van der Waals surface area contributed by atoms with Gasteiger partial charge < -0.3 is 19.6 Å². The molecular weight excluding hydrogens is 384 g/mol. The van der Waals surface area contributed by atoms with Gasteiger partial charge in [-0.05, 0) is 46.5 Å². The van der Waals surface area contributed by atoms with E-state index in [4.69, 9.17) is 14.3 Å². The Bertz CT molecular complexity index is 648. The molecule has 0 spiro atoms. The molecule has 0 aromatic heterocycles. The Morgan fingerprint density at radius 2 is 1.66 bits per heavy atom. The molecule has 2 aliphatic rings. The lowest BCUT2D eigenvalue weighted by molar-refractivity contribution is -0.199. The summed E-state index contributed by atoms with van der Waals surface area (Å²) >= 11 is 0. The van der Waals surface area contributed by atoms with E-state index in [9.17, 15) is 24.0 Å². The maximum Gasteiger partial charge on any atom is 0.408 e. The Hall–Kier alpha value is -2.65. The molecule has 0 radical (unpaired) electrons. The molecule has 1 N–H and O–H groups in total. The first kappa shape index (κ1) is 22.6. The first-order valence-corrected chi connectivity index (χ1v) is 9.82. The van der Waals surface area contributed by atoms with Gasteiger partial charge in [0, 0.05) is 12.8 Å². The van der Waals surface area contributed by atoms with Crippen molar-refractivity contribution in [2.75, 3.05) is 0 Å². The lowest BCUT2D eigenvalue weighted by Gasteiger charge is -2.25. The number of carbonyl (C=O) groups excluding carboxylic acids is 5. The minimum absolute atomic E-state index is 0.0694. The number of hydrogen-bond donors (Lipinski definition) is 1. The SMILES string of the molecule is CC(C)(C)OC(=O)N[C@H](CC(=O)OC1CCCCC1)C(=O)ON1C(=O)CCC1=O. The highest BCUT2D eigenvalue weighted by Crippen LogP contribution is 2.21. The Morgan fingerprint density at radius 3 is 2.21 bits per heavy atom. The Morgan fingerprint density at radius 1 is 1.07 bits per heavy atom. The van der Waals surface area contributed by atoms with Crippen LogP contribution in [0.3, 0.4) is 0 Å². The average Bonchev–Trinajstić information content (AvgIpc) is 2.92. The van der Waals surface area contributed by atoms with E-state index in [1.807, 2.05) is 0 Å². The van der Waals surface area contributed by atoms with Gasteiger partial charge in [-0.1, -0.05) is 6.42 Å². The summed E-state index contributed by atoms with van der Waals surface area (Å²) in [6, 6.07) is -1.47. The van der Waals surface area contributed by atoms with Crippen LogP contribution in [0, 0.1) is 0 Å². The molecule has 10 nitrogen and oxygen atoms in total. The second-order valence-electron chi connectivity index (χ2n) is 8.14. The van der Waals surface area contributed by atoms with Gasteiger partial charge in [-0.3, -0.25) is 14.4 Å². The van der Waals surface area contributed by atoms with Gasteiger partial charge in [-0.25, -0.2) is 9.59 Å². The van der Waals surface area contributed by atoms with E-state index >= 15 is 0 Å². The fraction of sp³-hybridized carbons (Fsp3) is 0.737. The number of alkyl carbamates (subject to hydrolysis) is 1. The van der Waals surface area contributed by atoms with Gasteiger partial charge in [0.2, 0.25) is 0 Å². The number of nitrogens with zero attached hydrogens (tertiary/aromatic N) is 1. The predicted molar refractivity (Wildman–Crippen MR) is 97.9 cm³/mol. The molecule has 1 aliphatic heterocycles. The summed E-state index contributed by atoms with van der Waals surface area (Å²) in [6.45, 7) is 4.91. The van der Waals surface area contributed by atoms with E-state index in [2.05, 4.69) is 5.32 Å². The van der Waals surface area contributed by atoms with Gasteiger partial charge in [-0.2, -0.15) is 0 Å². The fourth-order valence-electron chi connectivity index (χ4n) is 3.04. The second-order valence-corrected chi connectivity index (χ2v) is 8.14. The number of ether oxygens (including phenoxy) is 2. The zero-order valence-electron chi connectivity index (χ0n) is 17.0. The fourth-order valence-corrected chi connectivity index (χ4v) is 3.04. The third kappa shape index (κ3) is 7.35. The van der Waals surface area contributed by atoms with Crippen molar-refractivity contribution in [3.05, 3.63) is 0 Å². The number of imide groups is 1. The quantitative estimate of drug-likeness (QED) is 0.516. The molecule has 1 atom stereocenters. The van der Waals surface area contributed by atoms with E-state index in [1.54, 1.807) is 20.8 Å². The highest BCUT2D eigenvalue weighted by Gasteiger charge is 2.37. The third-order valence-electron chi connectivity index (χ3n) is 4.38. The average molecular weight is 412 g/mol. The van der Waals surface area contributed by atoms with Gasteiger partial charge in [0.05, 0.1) is 6.42 Å². The topological polar surface area (TPSA) is 128 Å². The van der Waals surface area contributed by atoms with Crippen molar-refractivity contribution in [1.29, 1.82) is 0 Å². The van der Waals surface area contributed by atoms with Crippen LogP contribution in [0.1, 0.15) is 72.1 Å². The Labute approximate surface area is 169 Å². The molecule has 2 fully saturated rings. The number of carbonyl (C=O) groups is 5. The molecule has 0 unspecified atom stereocenters. The van der Waals surface area contributed by atoms with Crippen LogP contribution in [0.5, 0.6) is 0 Å². The molecule has 1 heterocycles. The molecule has 1 aliphatic carbocycles. The number of esters is 1. The molecule has 2 rings (SSSR count). The monoisotopic (exact) mass is 412 g/mol. The van der Waals surface area contributed by atoms with E-state index in [0.717, 1.165) is 32.1 Å². The molecule has 0 bridgehead atoms. The van der Waals surface area contributed by atoms with Crippen molar-refractivity contribution < 1.29 is 38.3 Å². The summed E-state index contributed by atoms with van der Waals surface area (Å²) in [4.78, 5) is 65.0. The van der Waals surface area contributed by atoms with Gasteiger partial charge in [-0.15, -0.1) is 5.06 Å². The maximum atomic E-state index is 12.5. The van der Waals surface area contributed by atoms with Gasteiger partial charge in [0.1, 0.15) is 17.7 Å². The highest BCUT2D eigenvalue weighted by molar-refractivity contribution is 6.02. The maximum absolute atomic E-state index is 12.5. The smallest absolute Gasteiger partial charge is 0.408 e. The first-order chi connectivity index (χ1) is 13.5. The third-order valence-corrected chi connectivity index (χ3v) is 4.38. The summed E-state index contributed by atoms with van der Waals surface area (Å²) in [7, 11) is 0. The lowest BCUT2D eigenvalue weighted by Crippen LogP contribution is -2.48. The van der Waals surface area contributed by atoms with Crippen molar-refractivity contribution in [1.82, 2.24) is 10.4 Å². The van der Waals surface area contributed by atoms with Crippen molar-refractivity contribution in [3.8, 4) is 0 Å². The van der Waals surface area contributed by atoms with Gasteiger partial charge in [0.15, 0.2) is 0 Å². The van der Waals surface area contributed by atoms with Crippen molar-refractivity contribution in [2.24, 2.45) is 0 Å². The summed E-state index contributed by atoms with van der Waals surface area (Å²) < 4.78 is 10.5. The van der Waals surface area contributed by atoms with Crippen LogP contribution < -0.4 is 5.32 Å². The van der Waals surface area contributed by atoms with Crippen molar-refractivity contribution in [3.63, 3.8) is 0 Å². The molecule has 162 valence electrons. The zero-order valence-corrected chi connectivity index (χ0v) is 17.0.